The lowest BCUT2D eigenvalue weighted by molar-refractivity contribution is -0.158. The minimum atomic E-state index is -1.24. The molecule has 6 heteroatoms. The minimum Gasteiger partial charge on any atom is -0.508 e. The number of aliphatic carboxylic acids is 1. The summed E-state index contributed by atoms with van der Waals surface area (Å²) in [4.78, 5) is 39.8. The Bertz CT molecular complexity index is 758. The topological polar surface area (TPSA) is 94.9 Å². The number of carboxylic acids is 1. The fraction of sp³-hybridized carbons (Fsp3) is 0.727. The van der Waals surface area contributed by atoms with Gasteiger partial charge in [-0.15, -0.1) is 0 Å². The lowest BCUT2D eigenvalue weighted by atomic mass is 10.0. The molecule has 0 saturated heterocycles. The molecule has 1 rings (SSSR count). The molecule has 0 bridgehead atoms. The molecule has 2 N–H and O–H groups in total. The van der Waals surface area contributed by atoms with Crippen LogP contribution in [0.25, 0.3) is 0 Å². The van der Waals surface area contributed by atoms with Gasteiger partial charge in [-0.3, -0.25) is 14.5 Å². The van der Waals surface area contributed by atoms with E-state index < -0.39 is 12.0 Å². The second-order valence-corrected chi connectivity index (χ2v) is 11.0. The predicted molar refractivity (Wildman–Crippen MR) is 159 cm³/mol. The Labute approximate surface area is 237 Å². The highest BCUT2D eigenvalue weighted by molar-refractivity contribution is 5.99. The van der Waals surface area contributed by atoms with Gasteiger partial charge in [0, 0.05) is 19.3 Å². The number of imide groups is 1. The normalized spacial score (nSPS) is 11.8. The first-order chi connectivity index (χ1) is 18.9. The van der Waals surface area contributed by atoms with Gasteiger partial charge < -0.3 is 10.2 Å². The summed E-state index contributed by atoms with van der Waals surface area (Å²) in [5, 5.41) is 19.6. The van der Waals surface area contributed by atoms with Crippen LogP contribution in [0.15, 0.2) is 24.3 Å². The van der Waals surface area contributed by atoms with Crippen molar-refractivity contribution in [2.24, 2.45) is 0 Å². The lowest BCUT2D eigenvalue weighted by Gasteiger charge is -2.28. The van der Waals surface area contributed by atoms with Gasteiger partial charge in [0.2, 0.25) is 11.8 Å². The van der Waals surface area contributed by atoms with Gasteiger partial charge in [-0.2, -0.15) is 0 Å². The maximum atomic E-state index is 13.2. The Morgan fingerprint density at radius 3 is 1.33 bits per heavy atom. The number of nitrogens with zero attached hydrogens (tertiary/aromatic N) is 1. The Morgan fingerprint density at radius 1 is 0.615 bits per heavy atom. The monoisotopic (exact) mass is 545 g/mol. The van der Waals surface area contributed by atoms with Gasteiger partial charge in [0.15, 0.2) is 0 Å². The first kappa shape index (κ1) is 34.7. The average Bonchev–Trinajstić information content (AvgIpc) is 2.91. The van der Waals surface area contributed by atoms with Crippen LogP contribution in [0.5, 0.6) is 5.75 Å². The van der Waals surface area contributed by atoms with Gasteiger partial charge in [0.25, 0.3) is 0 Å². The second kappa shape index (κ2) is 22.4. The first-order valence-corrected chi connectivity index (χ1v) is 15.8. The van der Waals surface area contributed by atoms with Crippen LogP contribution in [0, 0.1) is 0 Å². The summed E-state index contributed by atoms with van der Waals surface area (Å²) < 4.78 is 0. The van der Waals surface area contributed by atoms with Crippen molar-refractivity contribution < 1.29 is 24.6 Å². The van der Waals surface area contributed by atoms with E-state index in [-0.39, 0.29) is 36.8 Å². The maximum absolute atomic E-state index is 13.2. The summed E-state index contributed by atoms with van der Waals surface area (Å²) in [5.41, 5.74) is 0.664. The van der Waals surface area contributed by atoms with Crippen LogP contribution < -0.4 is 0 Å². The molecule has 1 atom stereocenters. The Morgan fingerprint density at radius 2 is 0.974 bits per heavy atom. The van der Waals surface area contributed by atoms with E-state index >= 15 is 0 Å². The molecule has 0 aliphatic heterocycles. The summed E-state index contributed by atoms with van der Waals surface area (Å²) in [7, 11) is 0. The van der Waals surface area contributed by atoms with Crippen molar-refractivity contribution in [2.45, 2.75) is 155 Å². The van der Waals surface area contributed by atoms with Crippen molar-refractivity contribution in [1.29, 1.82) is 0 Å². The number of carbonyl (C=O) groups is 3. The van der Waals surface area contributed by atoms with Gasteiger partial charge in [0.05, 0.1) is 0 Å². The van der Waals surface area contributed by atoms with E-state index in [1.165, 1.54) is 76.3 Å². The van der Waals surface area contributed by atoms with E-state index in [1.807, 2.05) is 0 Å². The molecular formula is C33H55NO5. The Hall–Kier alpha value is -2.37. The highest BCUT2D eigenvalue weighted by Crippen LogP contribution is 2.19. The van der Waals surface area contributed by atoms with Crippen molar-refractivity contribution in [3.8, 4) is 5.75 Å². The fourth-order valence-corrected chi connectivity index (χ4v) is 5.05. The number of hydrogen-bond acceptors (Lipinski definition) is 4. The second-order valence-electron chi connectivity index (χ2n) is 11.0. The first-order valence-electron chi connectivity index (χ1n) is 15.8. The number of carbonyl (C=O) groups excluding carboxylic acids is 2. The zero-order valence-electron chi connectivity index (χ0n) is 24.8. The van der Waals surface area contributed by atoms with Crippen molar-refractivity contribution in [2.75, 3.05) is 0 Å². The molecular weight excluding hydrogens is 490 g/mol. The molecule has 0 aliphatic carbocycles. The zero-order valence-corrected chi connectivity index (χ0v) is 24.8. The molecule has 0 aliphatic rings. The van der Waals surface area contributed by atoms with Crippen LogP contribution in [0.4, 0.5) is 0 Å². The number of phenolic OH excluding ortho intramolecular Hbond substituents is 1. The van der Waals surface area contributed by atoms with E-state index in [0.717, 1.165) is 43.4 Å². The fourth-order valence-electron chi connectivity index (χ4n) is 5.05. The molecule has 2 amide bonds. The number of carboxylic acid groups (broad SMARTS) is 1. The molecule has 222 valence electrons. The summed E-state index contributed by atoms with van der Waals surface area (Å²) in [5.74, 6) is -1.86. The Kier molecular flexibility index (Phi) is 19.9. The van der Waals surface area contributed by atoms with Gasteiger partial charge >= 0.3 is 5.97 Å². The standard InChI is InChI=1S/C33H55NO5/c1-3-5-7-9-11-13-15-17-19-21-31(36)34(30(33(38)39)27-28-23-25-29(35)26-24-28)32(37)22-20-18-16-14-12-10-8-6-4-2/h23-26,30,35H,3-22,27H2,1-2H3,(H,38,39)/t30-/m0/s1. The SMILES string of the molecule is CCCCCCCCCCCC(=O)N(C(=O)CCCCCCCCCCC)[C@@H](Cc1ccc(O)cc1)C(=O)O. The van der Waals surface area contributed by atoms with E-state index in [0.29, 0.717) is 18.4 Å². The van der Waals surface area contributed by atoms with Crippen molar-refractivity contribution >= 4 is 17.8 Å². The molecule has 0 radical (unpaired) electrons. The van der Waals surface area contributed by atoms with Crippen LogP contribution in [0.1, 0.15) is 148 Å². The number of unbranched alkanes of at least 4 members (excludes halogenated alkanes) is 16. The molecule has 0 spiro atoms. The van der Waals surface area contributed by atoms with Gasteiger partial charge in [-0.25, -0.2) is 4.79 Å². The number of phenols is 1. The summed E-state index contributed by atoms with van der Waals surface area (Å²) in [6.45, 7) is 4.42. The molecule has 1 aromatic rings. The number of aromatic hydroxyl groups is 1. The van der Waals surface area contributed by atoms with Crippen LogP contribution in [-0.4, -0.2) is 38.9 Å². The third kappa shape index (κ3) is 16.4. The van der Waals surface area contributed by atoms with Crippen molar-refractivity contribution in [3.63, 3.8) is 0 Å². The molecule has 0 unspecified atom stereocenters. The van der Waals surface area contributed by atoms with Crippen LogP contribution in [-0.2, 0) is 20.8 Å². The molecule has 39 heavy (non-hydrogen) atoms. The molecule has 0 fully saturated rings. The third-order valence-electron chi connectivity index (χ3n) is 7.49. The molecule has 6 nitrogen and oxygen atoms in total. The highest BCUT2D eigenvalue weighted by Gasteiger charge is 2.34. The quantitative estimate of drug-likeness (QED) is 0.127. The third-order valence-corrected chi connectivity index (χ3v) is 7.49. The molecule has 0 saturated carbocycles. The summed E-state index contributed by atoms with van der Waals surface area (Å²) >= 11 is 0. The van der Waals surface area contributed by atoms with Gasteiger partial charge in [-0.05, 0) is 30.5 Å². The van der Waals surface area contributed by atoms with Crippen molar-refractivity contribution in [3.05, 3.63) is 29.8 Å². The maximum Gasteiger partial charge on any atom is 0.327 e. The molecule has 0 heterocycles. The summed E-state index contributed by atoms with van der Waals surface area (Å²) in [6.07, 6.45) is 20.5. The largest absolute Gasteiger partial charge is 0.508 e. The van der Waals surface area contributed by atoms with E-state index in [4.69, 9.17) is 0 Å². The van der Waals surface area contributed by atoms with Crippen LogP contribution in [0.3, 0.4) is 0 Å². The minimum absolute atomic E-state index is 0.0304. The average molecular weight is 546 g/mol. The van der Waals surface area contributed by atoms with Crippen LogP contribution >= 0.6 is 0 Å². The van der Waals surface area contributed by atoms with E-state index in [2.05, 4.69) is 13.8 Å². The number of hydrogen-bond donors (Lipinski definition) is 2. The van der Waals surface area contributed by atoms with E-state index in [1.54, 1.807) is 12.1 Å². The number of amides is 2. The van der Waals surface area contributed by atoms with Crippen LogP contribution in [0.2, 0.25) is 0 Å². The van der Waals surface area contributed by atoms with E-state index in [9.17, 15) is 24.6 Å². The van der Waals surface area contributed by atoms with Gasteiger partial charge in [-0.1, -0.05) is 129 Å². The molecule has 0 aromatic heterocycles. The predicted octanol–water partition coefficient (Wildman–Crippen LogP) is 8.58. The molecule has 1 aromatic carbocycles. The zero-order chi connectivity index (χ0) is 28.7. The van der Waals surface area contributed by atoms with Gasteiger partial charge in [0.1, 0.15) is 11.8 Å². The Balaban J connectivity index is 2.66. The summed E-state index contributed by atoms with van der Waals surface area (Å²) in [6, 6.07) is 5.02. The highest BCUT2D eigenvalue weighted by atomic mass is 16.4. The number of rotatable bonds is 24. The lowest BCUT2D eigenvalue weighted by Crippen LogP contribution is -2.49. The number of benzene rings is 1. The smallest absolute Gasteiger partial charge is 0.327 e. The van der Waals surface area contributed by atoms with Crippen molar-refractivity contribution in [1.82, 2.24) is 4.90 Å².